The minimum Gasteiger partial charge on any atom is -0.437 e. The van der Waals surface area contributed by atoms with Gasteiger partial charge in [-0.3, -0.25) is 0 Å². The van der Waals surface area contributed by atoms with Crippen LogP contribution in [0.25, 0.3) is 0 Å². The van der Waals surface area contributed by atoms with E-state index in [2.05, 4.69) is 9.72 Å². The van der Waals surface area contributed by atoms with Gasteiger partial charge in [-0.25, -0.2) is 9.78 Å². The molecule has 0 fully saturated rings. The molecule has 0 N–H and O–H groups in total. The van der Waals surface area contributed by atoms with Gasteiger partial charge >= 0.3 is 6.16 Å². The van der Waals surface area contributed by atoms with Crippen molar-refractivity contribution in [2.24, 2.45) is 7.05 Å². The van der Waals surface area contributed by atoms with Gasteiger partial charge in [0.25, 0.3) is 0 Å². The molecule has 0 aromatic carbocycles. The molecule has 0 spiro atoms. The number of hydrogen-bond acceptors (Lipinski definition) is 4. The molecule has 1 rings (SSSR count). The summed E-state index contributed by atoms with van der Waals surface area (Å²) in [6.07, 6.45) is 0.727. The lowest BCUT2D eigenvalue weighted by Gasteiger charge is -2.02. The zero-order chi connectivity index (χ0) is 9.14. The van der Waals surface area contributed by atoms with Gasteiger partial charge in [-0.05, 0) is 6.92 Å². The number of methoxy groups -OCH3 is 1. The largest absolute Gasteiger partial charge is 0.514 e. The van der Waals surface area contributed by atoms with Crippen LogP contribution < -0.4 is 4.74 Å². The number of aryl methyl sites for hydroxylation is 1. The number of rotatable bonds is 1. The summed E-state index contributed by atoms with van der Waals surface area (Å²) in [5.74, 6) is 1.15. The number of ether oxygens (including phenoxy) is 2. The molecule has 66 valence electrons. The Morgan fingerprint density at radius 1 is 1.67 bits per heavy atom. The Morgan fingerprint density at radius 3 is 2.75 bits per heavy atom. The predicted molar refractivity (Wildman–Crippen MR) is 41.0 cm³/mol. The maximum absolute atomic E-state index is 10.7. The highest BCUT2D eigenvalue weighted by atomic mass is 16.7. The second kappa shape index (κ2) is 3.25. The second-order valence-electron chi connectivity index (χ2n) is 2.26. The molecule has 12 heavy (non-hydrogen) atoms. The highest BCUT2D eigenvalue weighted by Crippen LogP contribution is 2.10. The number of imidazole rings is 1. The Balaban J connectivity index is 2.76. The quantitative estimate of drug-likeness (QED) is 0.587. The van der Waals surface area contributed by atoms with E-state index in [0.717, 1.165) is 5.82 Å². The number of hydrogen-bond donors (Lipinski definition) is 0. The van der Waals surface area contributed by atoms with Crippen LogP contribution in [0.3, 0.4) is 0 Å². The van der Waals surface area contributed by atoms with Gasteiger partial charge in [0.2, 0.25) is 5.88 Å². The first kappa shape index (κ1) is 8.58. The molecule has 0 amide bonds. The van der Waals surface area contributed by atoms with Gasteiger partial charge in [-0.15, -0.1) is 0 Å². The number of carbonyl (C=O) groups is 1. The molecule has 0 aliphatic rings. The lowest BCUT2D eigenvalue weighted by Crippen LogP contribution is -2.09. The Morgan fingerprint density at radius 2 is 2.33 bits per heavy atom. The molecule has 1 aromatic heterocycles. The molecule has 0 aliphatic heterocycles. The van der Waals surface area contributed by atoms with E-state index < -0.39 is 6.16 Å². The van der Waals surface area contributed by atoms with E-state index in [1.165, 1.54) is 13.3 Å². The molecule has 0 radical (unpaired) electrons. The van der Waals surface area contributed by atoms with Gasteiger partial charge in [0.05, 0.1) is 13.3 Å². The number of nitrogens with zero attached hydrogens (tertiary/aromatic N) is 2. The normalized spacial score (nSPS) is 9.58. The molecule has 5 heteroatoms. The van der Waals surface area contributed by atoms with Gasteiger partial charge in [0, 0.05) is 7.05 Å². The van der Waals surface area contributed by atoms with E-state index in [9.17, 15) is 4.79 Å². The first-order valence-electron chi connectivity index (χ1n) is 3.39. The number of aromatic nitrogens is 2. The van der Waals surface area contributed by atoms with Crippen molar-refractivity contribution in [2.45, 2.75) is 6.92 Å². The van der Waals surface area contributed by atoms with Crippen molar-refractivity contribution in [3.63, 3.8) is 0 Å². The van der Waals surface area contributed by atoms with Gasteiger partial charge in [-0.2, -0.15) is 0 Å². The Kier molecular flexibility index (Phi) is 2.32. The van der Waals surface area contributed by atoms with Crippen LogP contribution in [0, 0.1) is 6.92 Å². The van der Waals surface area contributed by atoms with Gasteiger partial charge in [0.15, 0.2) is 0 Å². The molecule has 0 unspecified atom stereocenters. The minimum atomic E-state index is -0.738. The van der Waals surface area contributed by atoms with Gasteiger partial charge in [-0.1, -0.05) is 0 Å². The Labute approximate surface area is 69.9 Å². The molecule has 0 bridgehead atoms. The summed E-state index contributed by atoms with van der Waals surface area (Å²) in [5, 5.41) is 0. The van der Waals surface area contributed by atoms with Crippen molar-refractivity contribution in [2.75, 3.05) is 7.11 Å². The summed E-state index contributed by atoms with van der Waals surface area (Å²) in [5.41, 5.74) is 0. The summed E-state index contributed by atoms with van der Waals surface area (Å²) in [6, 6.07) is 0. The van der Waals surface area contributed by atoms with E-state index in [-0.39, 0.29) is 0 Å². The van der Waals surface area contributed by atoms with E-state index in [0.29, 0.717) is 5.88 Å². The van der Waals surface area contributed by atoms with Crippen LogP contribution in [0.15, 0.2) is 6.20 Å². The van der Waals surface area contributed by atoms with Crippen molar-refractivity contribution < 1.29 is 14.3 Å². The summed E-state index contributed by atoms with van der Waals surface area (Å²) in [7, 11) is 3.01. The van der Waals surface area contributed by atoms with Crippen LogP contribution in [0.5, 0.6) is 5.88 Å². The highest BCUT2D eigenvalue weighted by molar-refractivity contribution is 5.62. The maximum Gasteiger partial charge on any atom is 0.514 e. The lowest BCUT2D eigenvalue weighted by atomic mass is 10.7. The second-order valence-corrected chi connectivity index (χ2v) is 2.26. The van der Waals surface area contributed by atoms with Crippen LogP contribution in [0.1, 0.15) is 5.82 Å². The molecular formula is C7H10N2O3. The fraction of sp³-hybridized carbons (Fsp3) is 0.429. The van der Waals surface area contributed by atoms with Crippen LogP contribution >= 0.6 is 0 Å². The molecule has 1 heterocycles. The third-order valence-corrected chi connectivity index (χ3v) is 1.53. The van der Waals surface area contributed by atoms with Crippen LogP contribution in [0.4, 0.5) is 4.79 Å². The fourth-order valence-corrected chi connectivity index (χ4v) is 0.703. The van der Waals surface area contributed by atoms with Gasteiger partial charge in [0.1, 0.15) is 5.82 Å². The molecule has 5 nitrogen and oxygen atoms in total. The first-order chi connectivity index (χ1) is 5.65. The van der Waals surface area contributed by atoms with Crippen molar-refractivity contribution in [3.05, 3.63) is 12.0 Å². The molecule has 1 aromatic rings. The Bertz CT molecular complexity index is 293. The van der Waals surface area contributed by atoms with E-state index in [1.54, 1.807) is 11.6 Å². The van der Waals surface area contributed by atoms with Crippen LogP contribution in [0.2, 0.25) is 0 Å². The van der Waals surface area contributed by atoms with Crippen molar-refractivity contribution in [1.29, 1.82) is 0 Å². The topological polar surface area (TPSA) is 53.4 Å². The predicted octanol–water partition coefficient (Wildman–Crippen LogP) is 0.874. The molecular weight excluding hydrogens is 160 g/mol. The molecule has 0 saturated heterocycles. The smallest absolute Gasteiger partial charge is 0.437 e. The summed E-state index contributed by atoms with van der Waals surface area (Å²) in [6.45, 7) is 1.81. The zero-order valence-corrected chi connectivity index (χ0v) is 7.20. The third-order valence-electron chi connectivity index (χ3n) is 1.53. The van der Waals surface area contributed by atoms with Crippen LogP contribution in [-0.4, -0.2) is 22.8 Å². The van der Waals surface area contributed by atoms with E-state index >= 15 is 0 Å². The van der Waals surface area contributed by atoms with Crippen LogP contribution in [-0.2, 0) is 11.8 Å². The zero-order valence-electron chi connectivity index (χ0n) is 7.20. The molecule has 0 atom stereocenters. The van der Waals surface area contributed by atoms with Crippen molar-refractivity contribution in [3.8, 4) is 5.88 Å². The fourth-order valence-electron chi connectivity index (χ4n) is 0.703. The van der Waals surface area contributed by atoms with E-state index in [1.807, 2.05) is 6.92 Å². The molecule has 0 saturated carbocycles. The third kappa shape index (κ3) is 1.55. The highest BCUT2D eigenvalue weighted by Gasteiger charge is 2.08. The monoisotopic (exact) mass is 170 g/mol. The lowest BCUT2D eigenvalue weighted by molar-refractivity contribution is 0.118. The molecule has 0 aliphatic carbocycles. The number of carbonyl (C=O) groups excluding carboxylic acids is 1. The van der Waals surface area contributed by atoms with Crippen molar-refractivity contribution in [1.82, 2.24) is 9.55 Å². The minimum absolute atomic E-state index is 0.374. The average Bonchev–Trinajstić information content (AvgIpc) is 2.36. The van der Waals surface area contributed by atoms with Gasteiger partial charge < -0.3 is 14.0 Å². The summed E-state index contributed by atoms with van der Waals surface area (Å²) in [4.78, 5) is 14.6. The van der Waals surface area contributed by atoms with Crippen molar-refractivity contribution >= 4 is 6.16 Å². The summed E-state index contributed by atoms with van der Waals surface area (Å²) < 4.78 is 10.7. The maximum atomic E-state index is 10.7. The standard InChI is InChI=1S/C7H10N2O3/c1-5-8-4-6(9(5)2)12-7(10)11-3/h4H,1-3H3. The summed E-state index contributed by atoms with van der Waals surface area (Å²) >= 11 is 0. The SMILES string of the molecule is COC(=O)Oc1cnc(C)n1C. The average molecular weight is 170 g/mol. The first-order valence-corrected chi connectivity index (χ1v) is 3.39. The Hall–Kier alpha value is -1.52. The van der Waals surface area contributed by atoms with E-state index in [4.69, 9.17) is 4.74 Å².